The van der Waals surface area contributed by atoms with Crippen LogP contribution in [0.3, 0.4) is 0 Å². The van der Waals surface area contributed by atoms with Gasteiger partial charge in [0.1, 0.15) is 6.54 Å². The van der Waals surface area contributed by atoms with Crippen LogP contribution in [0.2, 0.25) is 0 Å². The molecular formula is C31H28N2O3. The molecule has 0 amide bonds. The van der Waals surface area contributed by atoms with Crippen LogP contribution in [-0.4, -0.2) is 20.2 Å². The van der Waals surface area contributed by atoms with Gasteiger partial charge in [-0.1, -0.05) is 78.9 Å². The number of benzene rings is 3. The summed E-state index contributed by atoms with van der Waals surface area (Å²) in [6.07, 6.45) is 5.42. The highest BCUT2D eigenvalue weighted by atomic mass is 16.4. The summed E-state index contributed by atoms with van der Waals surface area (Å²) in [6, 6.07) is 32.3. The van der Waals surface area contributed by atoms with E-state index < -0.39 is 5.97 Å². The molecule has 5 nitrogen and oxygen atoms in total. The molecular weight excluding hydrogens is 448 g/mol. The molecule has 0 aliphatic carbocycles. The monoisotopic (exact) mass is 476 g/mol. The number of aromatic nitrogens is 2. The zero-order valence-electron chi connectivity index (χ0n) is 20.0. The zero-order chi connectivity index (χ0) is 24.9. The second-order valence-corrected chi connectivity index (χ2v) is 9.04. The van der Waals surface area contributed by atoms with Crippen LogP contribution in [0.4, 0.5) is 0 Å². The van der Waals surface area contributed by atoms with Crippen molar-refractivity contribution in [2.75, 3.05) is 0 Å². The first-order valence-electron chi connectivity index (χ1n) is 12.2. The van der Waals surface area contributed by atoms with E-state index in [1.165, 1.54) is 11.1 Å². The van der Waals surface area contributed by atoms with Crippen LogP contribution < -0.4 is 5.56 Å². The molecule has 2 aromatic heterocycles. The van der Waals surface area contributed by atoms with E-state index in [4.69, 9.17) is 5.11 Å². The Morgan fingerprint density at radius 1 is 0.750 bits per heavy atom. The SMILES string of the molecule is O=C(O)Cn1ccc2c(CCCn3cc(C(c4ccccc4)c4ccccc4)ccc3=O)cccc21. The molecule has 5 aromatic rings. The fourth-order valence-corrected chi connectivity index (χ4v) is 4.99. The van der Waals surface area contributed by atoms with E-state index in [-0.39, 0.29) is 18.0 Å². The minimum Gasteiger partial charge on any atom is -0.480 e. The molecule has 0 aliphatic rings. The third kappa shape index (κ3) is 5.01. The summed E-state index contributed by atoms with van der Waals surface area (Å²) in [6.45, 7) is 0.550. The van der Waals surface area contributed by atoms with Gasteiger partial charge in [-0.2, -0.15) is 0 Å². The number of carboxylic acids is 1. The van der Waals surface area contributed by atoms with Gasteiger partial charge in [-0.3, -0.25) is 9.59 Å². The third-order valence-corrected chi connectivity index (χ3v) is 6.66. The molecule has 0 spiro atoms. The highest BCUT2D eigenvalue weighted by Crippen LogP contribution is 2.31. The largest absolute Gasteiger partial charge is 0.480 e. The lowest BCUT2D eigenvalue weighted by atomic mass is 9.86. The van der Waals surface area contributed by atoms with E-state index in [0.29, 0.717) is 6.54 Å². The van der Waals surface area contributed by atoms with Gasteiger partial charge in [0.05, 0.1) is 0 Å². The molecule has 1 N–H and O–H groups in total. The number of pyridine rings is 1. The number of aliphatic carboxylic acids is 1. The Bertz CT molecular complexity index is 1500. The van der Waals surface area contributed by atoms with Gasteiger partial charge < -0.3 is 14.2 Å². The molecule has 0 unspecified atom stereocenters. The summed E-state index contributed by atoms with van der Waals surface area (Å²) in [5, 5.41) is 10.2. The van der Waals surface area contributed by atoms with Crippen LogP contribution in [0.1, 0.15) is 34.6 Å². The van der Waals surface area contributed by atoms with Gasteiger partial charge in [0.25, 0.3) is 5.56 Å². The standard InChI is InChI=1S/C31H28N2O3/c34-29-17-16-26(31(24-9-3-1-4-10-24)25-11-5-2-6-12-25)21-33(29)19-8-14-23-13-7-15-28-27(23)18-20-32(28)22-30(35)36/h1-7,9-13,15-18,20-21,31H,8,14,19,22H2,(H,35,36). The molecule has 0 saturated heterocycles. The summed E-state index contributed by atoms with van der Waals surface area (Å²) >= 11 is 0. The van der Waals surface area contributed by atoms with Crippen LogP contribution >= 0.6 is 0 Å². The number of nitrogens with zero attached hydrogens (tertiary/aromatic N) is 2. The van der Waals surface area contributed by atoms with Crippen LogP contribution in [0.25, 0.3) is 10.9 Å². The molecule has 0 atom stereocenters. The average molecular weight is 477 g/mol. The lowest BCUT2D eigenvalue weighted by Gasteiger charge is -2.20. The van der Waals surface area contributed by atoms with E-state index in [2.05, 4.69) is 30.3 Å². The summed E-state index contributed by atoms with van der Waals surface area (Å²) < 4.78 is 3.56. The first-order valence-corrected chi connectivity index (χ1v) is 12.2. The second-order valence-electron chi connectivity index (χ2n) is 9.04. The van der Waals surface area contributed by atoms with Crippen molar-refractivity contribution in [2.24, 2.45) is 0 Å². The summed E-state index contributed by atoms with van der Waals surface area (Å²) in [5.41, 5.74) is 5.53. The summed E-state index contributed by atoms with van der Waals surface area (Å²) in [7, 11) is 0. The molecule has 0 fully saturated rings. The number of hydrogen-bond donors (Lipinski definition) is 1. The average Bonchev–Trinajstić information content (AvgIpc) is 3.30. The van der Waals surface area contributed by atoms with E-state index in [0.717, 1.165) is 34.9 Å². The van der Waals surface area contributed by atoms with Crippen molar-refractivity contribution in [3.63, 3.8) is 0 Å². The normalized spacial score (nSPS) is 11.2. The highest BCUT2D eigenvalue weighted by Gasteiger charge is 2.17. The Kier molecular flexibility index (Phi) is 6.80. The third-order valence-electron chi connectivity index (χ3n) is 6.66. The van der Waals surface area contributed by atoms with Crippen molar-refractivity contribution in [1.82, 2.24) is 9.13 Å². The number of rotatable bonds is 9. The van der Waals surface area contributed by atoms with Gasteiger partial charge in [0.15, 0.2) is 0 Å². The van der Waals surface area contributed by atoms with Crippen LogP contribution in [0.15, 0.2) is 114 Å². The maximum atomic E-state index is 12.7. The number of hydrogen-bond acceptors (Lipinski definition) is 2. The molecule has 2 heterocycles. The van der Waals surface area contributed by atoms with Crippen molar-refractivity contribution < 1.29 is 9.90 Å². The van der Waals surface area contributed by atoms with E-state index in [1.54, 1.807) is 10.6 Å². The molecule has 0 radical (unpaired) electrons. The summed E-state index contributed by atoms with van der Waals surface area (Å²) in [5.74, 6) is -0.816. The highest BCUT2D eigenvalue weighted by molar-refractivity contribution is 5.85. The Hall–Kier alpha value is -4.38. The molecule has 5 rings (SSSR count). The maximum Gasteiger partial charge on any atom is 0.323 e. The van der Waals surface area contributed by atoms with E-state index in [1.807, 2.05) is 77.6 Å². The second kappa shape index (κ2) is 10.5. The van der Waals surface area contributed by atoms with Crippen molar-refractivity contribution >= 4 is 16.9 Å². The quantitative estimate of drug-likeness (QED) is 0.297. The minimum absolute atomic E-state index is 0.00977. The number of aryl methyl sites for hydroxylation is 2. The van der Waals surface area contributed by atoms with Gasteiger partial charge in [-0.25, -0.2) is 0 Å². The Morgan fingerprint density at radius 2 is 1.44 bits per heavy atom. The number of fused-ring (bicyclic) bond motifs is 1. The summed E-state index contributed by atoms with van der Waals surface area (Å²) in [4.78, 5) is 23.9. The van der Waals surface area contributed by atoms with Crippen molar-refractivity contribution in [3.8, 4) is 0 Å². The van der Waals surface area contributed by atoms with Crippen LogP contribution in [0, 0.1) is 0 Å². The minimum atomic E-state index is -0.860. The van der Waals surface area contributed by atoms with Gasteiger partial charge >= 0.3 is 5.97 Å². The van der Waals surface area contributed by atoms with Crippen molar-refractivity contribution in [3.05, 3.63) is 142 Å². The van der Waals surface area contributed by atoms with Crippen LogP contribution in [-0.2, 0) is 24.3 Å². The first-order chi connectivity index (χ1) is 17.6. The molecule has 3 aromatic carbocycles. The Labute approximate surface area is 209 Å². The van der Waals surface area contributed by atoms with Gasteiger partial charge in [0.2, 0.25) is 0 Å². The smallest absolute Gasteiger partial charge is 0.323 e. The number of carboxylic acid groups (broad SMARTS) is 1. The van der Waals surface area contributed by atoms with Gasteiger partial charge in [0, 0.05) is 41.8 Å². The topological polar surface area (TPSA) is 64.2 Å². The predicted octanol–water partition coefficient (Wildman–Crippen LogP) is 5.70. The fraction of sp³-hybridized carbons (Fsp3) is 0.161. The lowest BCUT2D eigenvalue weighted by Crippen LogP contribution is -2.20. The Balaban J connectivity index is 1.38. The molecule has 0 bridgehead atoms. The first kappa shape index (κ1) is 23.4. The Morgan fingerprint density at radius 3 is 2.11 bits per heavy atom. The van der Waals surface area contributed by atoms with E-state index >= 15 is 0 Å². The van der Waals surface area contributed by atoms with Gasteiger partial charge in [-0.15, -0.1) is 0 Å². The van der Waals surface area contributed by atoms with Crippen molar-refractivity contribution in [2.45, 2.75) is 31.8 Å². The lowest BCUT2D eigenvalue weighted by molar-refractivity contribution is -0.137. The molecule has 5 heteroatoms. The van der Waals surface area contributed by atoms with Crippen molar-refractivity contribution in [1.29, 1.82) is 0 Å². The maximum absolute atomic E-state index is 12.7. The van der Waals surface area contributed by atoms with Crippen LogP contribution in [0.5, 0.6) is 0 Å². The van der Waals surface area contributed by atoms with Gasteiger partial charge in [-0.05, 0) is 47.2 Å². The number of carbonyl (C=O) groups is 1. The predicted molar refractivity (Wildman–Crippen MR) is 142 cm³/mol. The molecule has 36 heavy (non-hydrogen) atoms. The van der Waals surface area contributed by atoms with E-state index in [9.17, 15) is 9.59 Å². The molecule has 180 valence electrons. The molecule has 0 aliphatic heterocycles. The zero-order valence-corrected chi connectivity index (χ0v) is 20.0. The fourth-order valence-electron chi connectivity index (χ4n) is 4.99. The molecule has 0 saturated carbocycles.